The van der Waals surface area contributed by atoms with Crippen molar-refractivity contribution in [2.24, 2.45) is 17.8 Å². The van der Waals surface area contributed by atoms with Gasteiger partial charge in [-0.1, -0.05) is 30.3 Å². The van der Waals surface area contributed by atoms with E-state index in [0.717, 1.165) is 44.6 Å². The number of fused-ring (bicyclic) bond motifs is 3. The van der Waals surface area contributed by atoms with E-state index in [9.17, 15) is 14.7 Å². The van der Waals surface area contributed by atoms with Crippen LogP contribution in [0.3, 0.4) is 0 Å². The first-order chi connectivity index (χ1) is 17.5. The van der Waals surface area contributed by atoms with Crippen molar-refractivity contribution in [3.63, 3.8) is 0 Å². The van der Waals surface area contributed by atoms with Crippen LogP contribution in [0.5, 0.6) is 5.75 Å². The summed E-state index contributed by atoms with van der Waals surface area (Å²) in [6.07, 6.45) is 1.31. The molecule has 6 rings (SSSR count). The molecule has 7 nitrogen and oxygen atoms in total. The van der Waals surface area contributed by atoms with Gasteiger partial charge in [-0.3, -0.25) is 14.5 Å². The molecule has 3 aliphatic heterocycles. The zero-order valence-electron chi connectivity index (χ0n) is 20.9. The number of likely N-dealkylation sites (tertiary alicyclic amines) is 1. The van der Waals surface area contributed by atoms with E-state index >= 15 is 0 Å². The van der Waals surface area contributed by atoms with Crippen molar-refractivity contribution in [3.05, 3.63) is 64.7 Å². The Labute approximate surface area is 212 Å². The second-order valence-corrected chi connectivity index (χ2v) is 11.0. The zero-order valence-corrected chi connectivity index (χ0v) is 20.9. The van der Waals surface area contributed by atoms with E-state index in [1.54, 1.807) is 11.8 Å². The highest BCUT2D eigenvalue weighted by Crippen LogP contribution is 2.53. The SMILES string of the molecule is CC(=O)N1CC2C(Cc3ccc4c(c3)C(=O)N(CC(O)CN3CCc5ccccc5C3)CCO4)C2C1. The smallest absolute Gasteiger partial charge is 0.257 e. The lowest BCUT2D eigenvalue weighted by atomic mass is 9.99. The molecule has 1 saturated heterocycles. The molecular formula is C29H35N3O4. The molecule has 2 aromatic carbocycles. The van der Waals surface area contributed by atoms with Crippen molar-refractivity contribution in [3.8, 4) is 5.75 Å². The van der Waals surface area contributed by atoms with Crippen LogP contribution < -0.4 is 4.74 Å². The highest BCUT2D eigenvalue weighted by atomic mass is 16.5. The third-order valence-corrected chi connectivity index (χ3v) is 8.58. The van der Waals surface area contributed by atoms with Crippen LogP contribution >= 0.6 is 0 Å². The number of carbonyl (C=O) groups is 2. The van der Waals surface area contributed by atoms with E-state index in [0.29, 0.717) is 55.3 Å². The third-order valence-electron chi connectivity index (χ3n) is 8.58. The molecule has 36 heavy (non-hydrogen) atoms. The first-order valence-electron chi connectivity index (χ1n) is 13.2. The number of amides is 2. The minimum absolute atomic E-state index is 0.0638. The van der Waals surface area contributed by atoms with E-state index < -0.39 is 6.10 Å². The Kier molecular flexibility index (Phi) is 6.21. The lowest BCUT2D eigenvalue weighted by molar-refractivity contribution is -0.128. The fourth-order valence-corrected chi connectivity index (χ4v) is 6.51. The number of piperidine rings is 1. The van der Waals surface area contributed by atoms with Gasteiger partial charge in [-0.25, -0.2) is 0 Å². The van der Waals surface area contributed by atoms with Crippen molar-refractivity contribution in [2.75, 3.05) is 45.9 Å². The maximum atomic E-state index is 13.5. The minimum atomic E-state index is -0.612. The van der Waals surface area contributed by atoms with E-state index in [1.807, 2.05) is 17.0 Å². The van der Waals surface area contributed by atoms with Crippen LogP contribution in [0.4, 0.5) is 0 Å². The Morgan fingerprint density at radius 1 is 1.08 bits per heavy atom. The highest BCUT2D eigenvalue weighted by molar-refractivity contribution is 5.97. The van der Waals surface area contributed by atoms with E-state index in [-0.39, 0.29) is 11.8 Å². The predicted molar refractivity (Wildman–Crippen MR) is 136 cm³/mol. The predicted octanol–water partition coefficient (Wildman–Crippen LogP) is 2.21. The van der Waals surface area contributed by atoms with Gasteiger partial charge in [-0.2, -0.15) is 0 Å². The van der Waals surface area contributed by atoms with Gasteiger partial charge >= 0.3 is 0 Å². The topological polar surface area (TPSA) is 73.3 Å². The molecule has 0 bridgehead atoms. The van der Waals surface area contributed by atoms with E-state index in [2.05, 4.69) is 35.2 Å². The molecule has 2 fully saturated rings. The molecule has 190 valence electrons. The summed E-state index contributed by atoms with van der Waals surface area (Å²) in [7, 11) is 0. The molecule has 1 N–H and O–H groups in total. The van der Waals surface area contributed by atoms with Crippen LogP contribution in [0.25, 0.3) is 0 Å². The molecule has 2 aromatic rings. The minimum Gasteiger partial charge on any atom is -0.491 e. The second kappa shape index (κ2) is 9.52. The maximum Gasteiger partial charge on any atom is 0.257 e. The third kappa shape index (κ3) is 4.62. The summed E-state index contributed by atoms with van der Waals surface area (Å²) in [5, 5.41) is 10.9. The van der Waals surface area contributed by atoms with E-state index in [1.165, 1.54) is 11.1 Å². The Hall–Kier alpha value is -2.90. The van der Waals surface area contributed by atoms with E-state index in [4.69, 9.17) is 4.74 Å². The quantitative estimate of drug-likeness (QED) is 0.674. The van der Waals surface area contributed by atoms with Crippen LogP contribution in [-0.2, 0) is 24.2 Å². The Bertz CT molecular complexity index is 1150. The summed E-state index contributed by atoms with van der Waals surface area (Å²) in [6, 6.07) is 14.5. The van der Waals surface area contributed by atoms with Gasteiger partial charge in [0.25, 0.3) is 5.91 Å². The molecule has 3 atom stereocenters. The number of aliphatic hydroxyl groups is 1. The average Bonchev–Trinajstić information content (AvgIpc) is 3.34. The molecule has 4 aliphatic rings. The largest absolute Gasteiger partial charge is 0.491 e. The number of β-amino-alcohol motifs (C(OH)–C–C–N with tert-alkyl or cyclic N) is 1. The molecule has 0 radical (unpaired) electrons. The summed E-state index contributed by atoms with van der Waals surface area (Å²) in [5.74, 6) is 2.51. The number of benzene rings is 2. The van der Waals surface area contributed by atoms with Gasteiger partial charge in [0.2, 0.25) is 5.91 Å². The van der Waals surface area contributed by atoms with Crippen molar-refractivity contribution in [1.29, 1.82) is 0 Å². The van der Waals surface area contributed by atoms with Crippen LogP contribution in [-0.4, -0.2) is 83.6 Å². The van der Waals surface area contributed by atoms with Crippen LogP contribution in [0, 0.1) is 17.8 Å². The van der Waals surface area contributed by atoms with Gasteiger partial charge in [0, 0.05) is 46.2 Å². The number of hydrogen-bond acceptors (Lipinski definition) is 5. The van der Waals surface area contributed by atoms with Gasteiger partial charge in [-0.05, 0) is 59.4 Å². The molecule has 3 heterocycles. The summed E-state index contributed by atoms with van der Waals surface area (Å²) >= 11 is 0. The van der Waals surface area contributed by atoms with Crippen molar-refractivity contribution < 1.29 is 19.4 Å². The van der Waals surface area contributed by atoms with Crippen LogP contribution in [0.15, 0.2) is 42.5 Å². The fourth-order valence-electron chi connectivity index (χ4n) is 6.51. The normalized spacial score (nSPS) is 25.9. The first-order valence-corrected chi connectivity index (χ1v) is 13.2. The molecule has 2 amide bonds. The second-order valence-electron chi connectivity index (χ2n) is 11.0. The Morgan fingerprint density at radius 2 is 1.86 bits per heavy atom. The van der Waals surface area contributed by atoms with Crippen molar-refractivity contribution in [1.82, 2.24) is 14.7 Å². The lowest BCUT2D eigenvalue weighted by Gasteiger charge is -2.32. The summed E-state index contributed by atoms with van der Waals surface area (Å²) in [5.41, 5.74) is 4.46. The number of hydrogen-bond donors (Lipinski definition) is 1. The van der Waals surface area contributed by atoms with Gasteiger partial charge in [-0.15, -0.1) is 0 Å². The number of nitrogens with zero attached hydrogens (tertiary/aromatic N) is 3. The molecule has 1 aliphatic carbocycles. The molecule has 0 spiro atoms. The number of carbonyl (C=O) groups excluding carboxylic acids is 2. The van der Waals surface area contributed by atoms with Crippen LogP contribution in [0.2, 0.25) is 0 Å². The Balaban J connectivity index is 1.07. The molecule has 7 heteroatoms. The monoisotopic (exact) mass is 489 g/mol. The Morgan fingerprint density at radius 3 is 2.64 bits per heavy atom. The van der Waals surface area contributed by atoms with Gasteiger partial charge in [0.05, 0.1) is 18.2 Å². The van der Waals surface area contributed by atoms with Crippen molar-refractivity contribution in [2.45, 2.75) is 32.4 Å². The van der Waals surface area contributed by atoms with Crippen LogP contribution in [0.1, 0.15) is 34.0 Å². The first kappa shape index (κ1) is 23.5. The lowest BCUT2D eigenvalue weighted by Crippen LogP contribution is -2.44. The summed E-state index contributed by atoms with van der Waals surface area (Å²) < 4.78 is 5.91. The molecule has 0 aromatic heterocycles. The highest BCUT2D eigenvalue weighted by Gasteiger charge is 2.55. The molecular weight excluding hydrogens is 454 g/mol. The maximum absolute atomic E-state index is 13.5. The fraction of sp³-hybridized carbons (Fsp3) is 0.517. The average molecular weight is 490 g/mol. The van der Waals surface area contributed by atoms with Gasteiger partial charge in [0.15, 0.2) is 0 Å². The number of ether oxygens (including phenoxy) is 1. The number of aliphatic hydroxyl groups excluding tert-OH is 1. The van der Waals surface area contributed by atoms with Crippen molar-refractivity contribution >= 4 is 11.8 Å². The van der Waals surface area contributed by atoms with Gasteiger partial charge < -0.3 is 19.6 Å². The van der Waals surface area contributed by atoms with Gasteiger partial charge in [0.1, 0.15) is 12.4 Å². The summed E-state index contributed by atoms with van der Waals surface area (Å²) in [4.78, 5) is 31.1. The molecule has 1 saturated carbocycles. The number of rotatable bonds is 6. The summed E-state index contributed by atoms with van der Waals surface area (Å²) in [6.45, 7) is 6.88. The molecule has 3 unspecified atom stereocenters. The standard InChI is InChI=1S/C29H35N3O4/c1-19(33)32-17-26-24(27(26)18-32)12-20-6-7-28-25(13-20)29(35)31(10-11-36-28)16-23(34)15-30-9-8-21-4-2-3-5-22(21)14-30/h2-7,13,23-24,26-27,34H,8-12,14-18H2,1H3. The zero-order chi connectivity index (χ0) is 24.8.